The number of anilines is 2. The number of aliphatic hydroxyl groups is 1. The van der Waals surface area contributed by atoms with Crippen LogP contribution >= 0.6 is 0 Å². The lowest BCUT2D eigenvalue weighted by atomic mass is 10.0. The van der Waals surface area contributed by atoms with E-state index in [9.17, 15) is 5.11 Å². The number of aromatic nitrogens is 1. The van der Waals surface area contributed by atoms with Gasteiger partial charge in [0.1, 0.15) is 5.82 Å². The molecule has 0 unspecified atom stereocenters. The third kappa shape index (κ3) is 3.54. The molecule has 1 saturated carbocycles. The third-order valence-electron chi connectivity index (χ3n) is 3.77. The van der Waals surface area contributed by atoms with Crippen LogP contribution in [0.5, 0.6) is 5.88 Å². The quantitative estimate of drug-likeness (QED) is 0.835. The summed E-state index contributed by atoms with van der Waals surface area (Å²) in [6.07, 6.45) is 4.85. The van der Waals surface area contributed by atoms with Crippen molar-refractivity contribution < 1.29 is 9.84 Å². The van der Waals surface area contributed by atoms with Crippen molar-refractivity contribution in [1.82, 2.24) is 4.98 Å². The molecule has 2 rings (SSSR count). The monoisotopic (exact) mass is 279 g/mol. The average molecular weight is 279 g/mol. The van der Waals surface area contributed by atoms with Gasteiger partial charge in [0.05, 0.1) is 17.9 Å². The molecule has 0 atom stereocenters. The summed E-state index contributed by atoms with van der Waals surface area (Å²) in [6, 6.07) is 3.68. The number of ether oxygens (including phenoxy) is 1. The summed E-state index contributed by atoms with van der Waals surface area (Å²) in [5.41, 5.74) is 5.83. The number of hydrogen-bond donors (Lipinski definition) is 2. The Kier molecular flexibility index (Phi) is 4.70. The van der Waals surface area contributed by atoms with Crippen molar-refractivity contribution in [3.8, 4) is 5.88 Å². The van der Waals surface area contributed by atoms with Crippen LogP contribution in [0.4, 0.5) is 11.5 Å². The van der Waals surface area contributed by atoms with E-state index in [0.717, 1.165) is 37.9 Å². The molecule has 0 bridgehead atoms. The van der Waals surface area contributed by atoms with Crippen LogP contribution in [0.2, 0.25) is 0 Å². The normalized spacial score (nSPS) is 17.1. The molecule has 5 nitrogen and oxygen atoms in total. The number of nitrogens with two attached hydrogens (primary N) is 1. The van der Waals surface area contributed by atoms with Crippen LogP contribution in [-0.2, 0) is 0 Å². The van der Waals surface area contributed by atoms with Gasteiger partial charge in [0, 0.05) is 13.6 Å². The molecule has 0 spiro atoms. The number of nitrogens with zero attached hydrogens (tertiary/aromatic N) is 2. The SMILES string of the molecule is CCCOc1nc(N(C)CC2(O)CCCC2)ccc1N. The molecule has 3 N–H and O–H groups in total. The molecule has 1 aromatic rings. The van der Waals surface area contributed by atoms with Crippen LogP contribution in [0.15, 0.2) is 12.1 Å². The van der Waals surface area contributed by atoms with Gasteiger partial charge >= 0.3 is 0 Å². The lowest BCUT2D eigenvalue weighted by molar-refractivity contribution is 0.0557. The van der Waals surface area contributed by atoms with E-state index < -0.39 is 5.60 Å². The molecular formula is C15H25N3O2. The highest BCUT2D eigenvalue weighted by atomic mass is 16.5. The van der Waals surface area contributed by atoms with Gasteiger partial charge in [-0.05, 0) is 31.4 Å². The van der Waals surface area contributed by atoms with Gasteiger partial charge in [-0.1, -0.05) is 19.8 Å². The predicted octanol–water partition coefficient (Wildman–Crippen LogP) is 2.19. The number of pyridine rings is 1. The van der Waals surface area contributed by atoms with Gasteiger partial charge in [-0.25, -0.2) is 0 Å². The van der Waals surface area contributed by atoms with Gasteiger partial charge in [-0.2, -0.15) is 4.98 Å². The zero-order chi connectivity index (χ0) is 14.6. The molecule has 1 aliphatic carbocycles. The van der Waals surface area contributed by atoms with Crippen molar-refractivity contribution in [2.24, 2.45) is 0 Å². The summed E-state index contributed by atoms with van der Waals surface area (Å²) in [6.45, 7) is 3.24. The Balaban J connectivity index is 2.07. The van der Waals surface area contributed by atoms with Gasteiger partial charge in [0.25, 0.3) is 0 Å². The molecule has 0 amide bonds. The van der Waals surface area contributed by atoms with Crippen molar-refractivity contribution in [3.05, 3.63) is 12.1 Å². The standard InChI is InChI=1S/C15H25N3O2/c1-3-10-20-14-12(16)6-7-13(17-14)18(2)11-15(19)8-4-5-9-15/h6-7,19H,3-5,8-11,16H2,1-2H3. The molecule has 20 heavy (non-hydrogen) atoms. The van der Waals surface area contributed by atoms with E-state index in [4.69, 9.17) is 10.5 Å². The largest absolute Gasteiger partial charge is 0.476 e. The van der Waals surface area contributed by atoms with E-state index in [1.165, 1.54) is 0 Å². The molecule has 5 heteroatoms. The van der Waals surface area contributed by atoms with Gasteiger partial charge in [-0.15, -0.1) is 0 Å². The number of hydrogen-bond acceptors (Lipinski definition) is 5. The minimum absolute atomic E-state index is 0.481. The Morgan fingerprint density at radius 2 is 2.10 bits per heavy atom. The maximum atomic E-state index is 10.5. The Bertz CT molecular complexity index is 445. The molecule has 0 saturated heterocycles. The molecule has 1 aliphatic rings. The molecule has 0 radical (unpaired) electrons. The highest BCUT2D eigenvalue weighted by Gasteiger charge is 2.32. The van der Waals surface area contributed by atoms with Crippen molar-refractivity contribution >= 4 is 11.5 Å². The summed E-state index contributed by atoms with van der Waals surface area (Å²) >= 11 is 0. The Morgan fingerprint density at radius 1 is 1.40 bits per heavy atom. The Hall–Kier alpha value is -1.49. The summed E-state index contributed by atoms with van der Waals surface area (Å²) in [4.78, 5) is 6.43. The molecular weight excluding hydrogens is 254 g/mol. The fourth-order valence-corrected chi connectivity index (χ4v) is 2.68. The van der Waals surface area contributed by atoms with Gasteiger partial charge in [0.15, 0.2) is 0 Å². The molecule has 0 aliphatic heterocycles. The van der Waals surface area contributed by atoms with Crippen molar-refractivity contribution in [2.75, 3.05) is 30.8 Å². The first kappa shape index (κ1) is 14.9. The van der Waals surface area contributed by atoms with Crippen LogP contribution in [0.25, 0.3) is 0 Å². The second kappa shape index (κ2) is 6.31. The number of rotatable bonds is 6. The maximum Gasteiger partial charge on any atom is 0.239 e. The number of nitrogen functional groups attached to an aromatic ring is 1. The maximum absolute atomic E-state index is 10.5. The van der Waals surface area contributed by atoms with Crippen LogP contribution in [0, 0.1) is 0 Å². The fourth-order valence-electron chi connectivity index (χ4n) is 2.68. The van der Waals surface area contributed by atoms with Crippen LogP contribution in [0.3, 0.4) is 0 Å². The number of likely N-dealkylation sites (N-methyl/N-ethyl adjacent to an activating group) is 1. The van der Waals surface area contributed by atoms with Crippen LogP contribution < -0.4 is 15.4 Å². The van der Waals surface area contributed by atoms with Gasteiger partial charge in [-0.3, -0.25) is 0 Å². The highest BCUT2D eigenvalue weighted by Crippen LogP contribution is 2.31. The molecule has 0 aromatic carbocycles. The van der Waals surface area contributed by atoms with Crippen molar-refractivity contribution in [1.29, 1.82) is 0 Å². The fraction of sp³-hybridized carbons (Fsp3) is 0.667. The van der Waals surface area contributed by atoms with Gasteiger partial charge in [0.2, 0.25) is 5.88 Å². The molecule has 1 aromatic heterocycles. The van der Waals surface area contributed by atoms with E-state index in [1.54, 1.807) is 0 Å². The van der Waals surface area contributed by atoms with Crippen molar-refractivity contribution in [3.63, 3.8) is 0 Å². The first-order valence-electron chi connectivity index (χ1n) is 7.37. The van der Waals surface area contributed by atoms with E-state index >= 15 is 0 Å². The predicted molar refractivity (Wildman–Crippen MR) is 81.1 cm³/mol. The van der Waals surface area contributed by atoms with Crippen molar-refractivity contribution in [2.45, 2.75) is 44.6 Å². The molecule has 1 fully saturated rings. The van der Waals surface area contributed by atoms with E-state index in [2.05, 4.69) is 4.98 Å². The van der Waals surface area contributed by atoms with E-state index in [1.807, 2.05) is 31.0 Å². The summed E-state index contributed by atoms with van der Waals surface area (Å²) in [7, 11) is 1.94. The van der Waals surface area contributed by atoms with Crippen LogP contribution in [-0.4, -0.2) is 35.9 Å². The smallest absolute Gasteiger partial charge is 0.239 e. The second-order valence-corrected chi connectivity index (χ2v) is 5.70. The zero-order valence-electron chi connectivity index (χ0n) is 12.4. The van der Waals surface area contributed by atoms with Crippen LogP contribution in [0.1, 0.15) is 39.0 Å². The lowest BCUT2D eigenvalue weighted by Crippen LogP contribution is -2.39. The minimum atomic E-state index is -0.581. The van der Waals surface area contributed by atoms with E-state index in [0.29, 0.717) is 24.7 Å². The Morgan fingerprint density at radius 3 is 2.75 bits per heavy atom. The topological polar surface area (TPSA) is 71.6 Å². The zero-order valence-corrected chi connectivity index (χ0v) is 12.4. The summed E-state index contributed by atoms with van der Waals surface area (Å²) < 4.78 is 5.55. The third-order valence-corrected chi connectivity index (χ3v) is 3.77. The molecule has 1 heterocycles. The van der Waals surface area contributed by atoms with Gasteiger partial charge < -0.3 is 20.5 Å². The summed E-state index contributed by atoms with van der Waals surface area (Å²) in [5, 5.41) is 10.5. The lowest BCUT2D eigenvalue weighted by Gasteiger charge is -2.29. The molecule has 112 valence electrons. The average Bonchev–Trinajstić information content (AvgIpc) is 2.84. The first-order valence-corrected chi connectivity index (χ1v) is 7.37. The highest BCUT2D eigenvalue weighted by molar-refractivity contribution is 5.54. The minimum Gasteiger partial charge on any atom is -0.476 e. The second-order valence-electron chi connectivity index (χ2n) is 5.70. The van der Waals surface area contributed by atoms with E-state index in [-0.39, 0.29) is 0 Å². The summed E-state index contributed by atoms with van der Waals surface area (Å²) in [5.74, 6) is 1.26. The Labute approximate surface area is 120 Å². The first-order chi connectivity index (χ1) is 9.54.